The molecule has 0 heterocycles. The van der Waals surface area contributed by atoms with Crippen molar-refractivity contribution in [3.8, 4) is 11.5 Å². The van der Waals surface area contributed by atoms with Gasteiger partial charge in [-0.25, -0.2) is 0 Å². The molecule has 1 atom stereocenters. The van der Waals surface area contributed by atoms with Crippen molar-refractivity contribution in [1.29, 1.82) is 0 Å². The summed E-state index contributed by atoms with van der Waals surface area (Å²) in [6.45, 7) is 5.03. The third-order valence-electron chi connectivity index (χ3n) is 6.88. The molecule has 0 saturated carbocycles. The zero-order valence-electron chi connectivity index (χ0n) is 20.1. The van der Waals surface area contributed by atoms with Crippen LogP contribution in [0.15, 0.2) is 60.7 Å². The third kappa shape index (κ3) is 5.51. The van der Waals surface area contributed by atoms with Crippen LogP contribution in [0.4, 0.5) is 5.69 Å². The molecule has 0 saturated heterocycles. The van der Waals surface area contributed by atoms with Crippen LogP contribution in [0.25, 0.3) is 0 Å². The fourth-order valence-electron chi connectivity index (χ4n) is 4.94. The SMILES string of the molecule is CCN(Cc1ccc(CCNC)cc1)c1cc(OC)ccc1[C@@H]1CCc2cc(O)ccc2C1. The molecule has 4 rings (SSSR count). The molecule has 1 aliphatic rings. The Bertz CT molecular complexity index is 1060. The van der Waals surface area contributed by atoms with Crippen LogP contribution in [0, 0.1) is 0 Å². The number of likely N-dealkylation sites (N-methyl/N-ethyl adjacent to an activating group) is 1. The van der Waals surface area contributed by atoms with Crippen LogP contribution in [0.1, 0.15) is 47.1 Å². The lowest BCUT2D eigenvalue weighted by atomic mass is 9.79. The number of anilines is 1. The molecule has 0 fully saturated rings. The molecule has 2 N–H and O–H groups in total. The zero-order valence-corrected chi connectivity index (χ0v) is 20.1. The normalized spacial score (nSPS) is 15.2. The maximum atomic E-state index is 9.85. The molecule has 4 nitrogen and oxygen atoms in total. The summed E-state index contributed by atoms with van der Waals surface area (Å²) >= 11 is 0. The maximum absolute atomic E-state index is 9.85. The smallest absolute Gasteiger partial charge is 0.120 e. The number of nitrogens with one attached hydrogen (secondary N) is 1. The monoisotopic (exact) mass is 444 g/mol. The van der Waals surface area contributed by atoms with Crippen LogP contribution in [0.2, 0.25) is 0 Å². The minimum Gasteiger partial charge on any atom is -0.508 e. The quantitative estimate of drug-likeness (QED) is 0.460. The molecule has 3 aromatic carbocycles. The highest BCUT2D eigenvalue weighted by atomic mass is 16.5. The van der Waals surface area contributed by atoms with Crippen molar-refractivity contribution >= 4 is 5.69 Å². The Hall–Kier alpha value is -2.98. The standard InChI is InChI=1S/C29H36N2O2/c1-4-31(20-22-7-5-21(6-8-22)15-16-30-2)29-19-27(33-3)13-14-28(29)25-10-9-24-18-26(32)12-11-23(24)17-25/h5-8,11-14,18-19,25,30,32H,4,9-10,15-17,20H2,1-3H3/t25-/m1/s1. The Labute approximate surface area is 198 Å². The second-order valence-electron chi connectivity index (χ2n) is 9.00. The van der Waals surface area contributed by atoms with E-state index < -0.39 is 0 Å². The molecule has 1 aliphatic carbocycles. The molecule has 0 bridgehead atoms. The average molecular weight is 445 g/mol. The molecule has 0 unspecified atom stereocenters. The van der Waals surface area contributed by atoms with E-state index in [1.165, 1.54) is 33.5 Å². The number of aromatic hydroxyl groups is 1. The first-order valence-electron chi connectivity index (χ1n) is 12.1. The molecule has 33 heavy (non-hydrogen) atoms. The third-order valence-corrected chi connectivity index (χ3v) is 6.88. The number of rotatable bonds is 9. The van der Waals surface area contributed by atoms with Crippen LogP contribution in [0.3, 0.4) is 0 Å². The first-order chi connectivity index (χ1) is 16.1. The highest BCUT2D eigenvalue weighted by Gasteiger charge is 2.24. The van der Waals surface area contributed by atoms with E-state index in [4.69, 9.17) is 4.74 Å². The molecular weight excluding hydrogens is 408 g/mol. The van der Waals surface area contributed by atoms with E-state index in [0.717, 1.165) is 51.1 Å². The fourth-order valence-corrected chi connectivity index (χ4v) is 4.94. The Balaban J connectivity index is 1.59. The number of phenols is 1. The summed E-state index contributed by atoms with van der Waals surface area (Å²) in [5.74, 6) is 1.73. The molecule has 0 radical (unpaired) electrons. The summed E-state index contributed by atoms with van der Waals surface area (Å²) in [6.07, 6.45) is 4.15. The number of fused-ring (bicyclic) bond motifs is 1. The molecule has 0 amide bonds. The van der Waals surface area contributed by atoms with Crippen molar-refractivity contribution in [1.82, 2.24) is 5.32 Å². The molecule has 3 aromatic rings. The Kier molecular flexibility index (Phi) is 7.56. The molecule has 4 heteroatoms. The molecule has 174 valence electrons. The average Bonchev–Trinajstić information content (AvgIpc) is 2.86. The summed E-state index contributed by atoms with van der Waals surface area (Å²) in [7, 11) is 3.73. The highest BCUT2D eigenvalue weighted by molar-refractivity contribution is 5.60. The van der Waals surface area contributed by atoms with Gasteiger partial charge in [0.05, 0.1) is 7.11 Å². The first kappa shape index (κ1) is 23.2. The number of methoxy groups -OCH3 is 1. The van der Waals surface area contributed by atoms with E-state index in [1.54, 1.807) is 7.11 Å². The number of hydrogen-bond donors (Lipinski definition) is 2. The summed E-state index contributed by atoms with van der Waals surface area (Å²) in [5, 5.41) is 13.1. The van der Waals surface area contributed by atoms with Gasteiger partial charge in [-0.15, -0.1) is 0 Å². The Morgan fingerprint density at radius 2 is 1.79 bits per heavy atom. The number of phenolic OH excluding ortho intramolecular Hbond substituents is 1. The van der Waals surface area contributed by atoms with Gasteiger partial charge in [-0.05, 0) is 98.1 Å². The van der Waals surface area contributed by atoms with Gasteiger partial charge in [0.2, 0.25) is 0 Å². The lowest BCUT2D eigenvalue weighted by molar-refractivity contribution is 0.414. The molecule has 0 spiro atoms. The predicted octanol–water partition coefficient (Wildman–Crippen LogP) is 5.46. The van der Waals surface area contributed by atoms with Crippen LogP contribution in [-0.4, -0.2) is 32.4 Å². The van der Waals surface area contributed by atoms with Crippen molar-refractivity contribution in [2.45, 2.75) is 45.1 Å². The first-order valence-corrected chi connectivity index (χ1v) is 12.1. The van der Waals surface area contributed by atoms with E-state index in [1.807, 2.05) is 19.2 Å². The Morgan fingerprint density at radius 1 is 1.00 bits per heavy atom. The lowest BCUT2D eigenvalue weighted by Crippen LogP contribution is -2.25. The largest absolute Gasteiger partial charge is 0.508 e. The number of benzene rings is 3. The van der Waals surface area contributed by atoms with Crippen LogP contribution in [-0.2, 0) is 25.8 Å². The molecule has 0 aliphatic heterocycles. The summed E-state index contributed by atoms with van der Waals surface area (Å²) < 4.78 is 5.60. The van der Waals surface area contributed by atoms with Gasteiger partial charge in [0.25, 0.3) is 0 Å². The predicted molar refractivity (Wildman–Crippen MR) is 137 cm³/mol. The van der Waals surface area contributed by atoms with E-state index in [2.05, 4.69) is 65.7 Å². The summed E-state index contributed by atoms with van der Waals surface area (Å²) in [5.41, 5.74) is 7.98. The zero-order chi connectivity index (χ0) is 23.2. The van der Waals surface area contributed by atoms with E-state index in [9.17, 15) is 5.11 Å². The van der Waals surface area contributed by atoms with Crippen LogP contribution < -0.4 is 15.0 Å². The van der Waals surface area contributed by atoms with E-state index >= 15 is 0 Å². The molecule has 0 aromatic heterocycles. The van der Waals surface area contributed by atoms with Gasteiger partial charge >= 0.3 is 0 Å². The van der Waals surface area contributed by atoms with Crippen molar-refractivity contribution in [2.75, 3.05) is 32.1 Å². The van der Waals surface area contributed by atoms with Gasteiger partial charge < -0.3 is 20.1 Å². The second kappa shape index (κ2) is 10.8. The summed E-state index contributed by atoms with van der Waals surface area (Å²) in [4.78, 5) is 2.47. The Morgan fingerprint density at radius 3 is 2.52 bits per heavy atom. The second-order valence-corrected chi connectivity index (χ2v) is 9.00. The lowest BCUT2D eigenvalue weighted by Gasteiger charge is -2.32. The molecular formula is C29H36N2O2. The number of aryl methyl sites for hydroxylation is 1. The fraction of sp³-hybridized carbons (Fsp3) is 0.379. The highest BCUT2D eigenvalue weighted by Crippen LogP contribution is 2.40. The maximum Gasteiger partial charge on any atom is 0.120 e. The van der Waals surface area contributed by atoms with E-state index in [-0.39, 0.29) is 0 Å². The van der Waals surface area contributed by atoms with Crippen LogP contribution >= 0.6 is 0 Å². The van der Waals surface area contributed by atoms with Gasteiger partial charge in [-0.3, -0.25) is 0 Å². The van der Waals surface area contributed by atoms with Crippen molar-refractivity contribution in [2.24, 2.45) is 0 Å². The summed E-state index contributed by atoms with van der Waals surface area (Å²) in [6, 6.07) is 21.4. The van der Waals surface area contributed by atoms with Crippen molar-refractivity contribution < 1.29 is 9.84 Å². The van der Waals surface area contributed by atoms with Gasteiger partial charge in [0.1, 0.15) is 11.5 Å². The van der Waals surface area contributed by atoms with E-state index in [0.29, 0.717) is 11.7 Å². The minimum absolute atomic E-state index is 0.367. The number of nitrogens with zero attached hydrogens (tertiary/aromatic N) is 1. The van der Waals surface area contributed by atoms with Crippen molar-refractivity contribution in [3.05, 3.63) is 88.5 Å². The van der Waals surface area contributed by atoms with Gasteiger partial charge in [-0.1, -0.05) is 36.4 Å². The number of hydrogen-bond acceptors (Lipinski definition) is 4. The van der Waals surface area contributed by atoms with Gasteiger partial charge in [-0.2, -0.15) is 0 Å². The van der Waals surface area contributed by atoms with Gasteiger partial charge in [0, 0.05) is 24.8 Å². The topological polar surface area (TPSA) is 44.7 Å². The number of ether oxygens (including phenoxy) is 1. The van der Waals surface area contributed by atoms with Crippen molar-refractivity contribution in [3.63, 3.8) is 0 Å². The van der Waals surface area contributed by atoms with Gasteiger partial charge in [0.15, 0.2) is 0 Å². The van der Waals surface area contributed by atoms with Crippen LogP contribution in [0.5, 0.6) is 11.5 Å². The minimum atomic E-state index is 0.367.